The van der Waals surface area contributed by atoms with Crippen LogP contribution in [0.15, 0.2) is 16.6 Å². The molecule has 88 valence electrons. The third kappa shape index (κ3) is 2.25. The second kappa shape index (κ2) is 5.19. The minimum Gasteiger partial charge on any atom is -0.496 e. The van der Waals surface area contributed by atoms with Crippen LogP contribution in [0.4, 0.5) is 0 Å². The number of benzene rings is 1. The maximum Gasteiger partial charge on any atom is 0.133 e. The highest BCUT2D eigenvalue weighted by atomic mass is 79.9. The van der Waals surface area contributed by atoms with Crippen molar-refractivity contribution in [3.05, 3.63) is 27.7 Å². The summed E-state index contributed by atoms with van der Waals surface area (Å²) in [6, 6.07) is 4.28. The van der Waals surface area contributed by atoms with Crippen LogP contribution in [0.3, 0.4) is 0 Å². The van der Waals surface area contributed by atoms with Gasteiger partial charge in [0.1, 0.15) is 5.75 Å². The summed E-state index contributed by atoms with van der Waals surface area (Å²) in [6.07, 6.45) is 2.47. The van der Waals surface area contributed by atoms with E-state index in [0.717, 1.165) is 23.3 Å². The van der Waals surface area contributed by atoms with Crippen molar-refractivity contribution in [3.8, 4) is 5.75 Å². The number of hydrogen-bond donors (Lipinski definition) is 1. The summed E-state index contributed by atoms with van der Waals surface area (Å²) in [6.45, 7) is 4.44. The van der Waals surface area contributed by atoms with Gasteiger partial charge in [0.25, 0.3) is 0 Å². The van der Waals surface area contributed by atoms with Gasteiger partial charge >= 0.3 is 0 Å². The van der Waals surface area contributed by atoms with Crippen LogP contribution in [0.25, 0.3) is 0 Å². The zero-order valence-corrected chi connectivity index (χ0v) is 11.4. The Morgan fingerprint density at radius 2 is 2.00 bits per heavy atom. The van der Waals surface area contributed by atoms with E-state index in [4.69, 9.17) is 4.74 Å². The molecule has 0 radical (unpaired) electrons. The molecule has 0 aliphatic carbocycles. The third-order valence-corrected chi connectivity index (χ3v) is 4.38. The van der Waals surface area contributed by atoms with Crippen molar-refractivity contribution in [2.45, 2.75) is 25.7 Å². The molecule has 1 saturated heterocycles. The van der Waals surface area contributed by atoms with E-state index in [1.165, 1.54) is 24.0 Å². The molecule has 1 aliphatic rings. The van der Waals surface area contributed by atoms with Crippen LogP contribution in [0.1, 0.15) is 29.9 Å². The smallest absolute Gasteiger partial charge is 0.133 e. The van der Waals surface area contributed by atoms with Gasteiger partial charge in [-0.05, 0) is 71.9 Å². The molecule has 3 heteroatoms. The molecule has 1 heterocycles. The third-order valence-electron chi connectivity index (χ3n) is 3.39. The molecule has 0 bridgehead atoms. The number of ether oxygens (including phenoxy) is 1. The van der Waals surface area contributed by atoms with Crippen LogP contribution in [-0.4, -0.2) is 20.2 Å². The lowest BCUT2D eigenvalue weighted by molar-refractivity contribution is 0.410. The maximum absolute atomic E-state index is 5.31. The summed E-state index contributed by atoms with van der Waals surface area (Å²) in [7, 11) is 1.71. The predicted molar refractivity (Wildman–Crippen MR) is 70.3 cm³/mol. The first-order chi connectivity index (χ1) is 7.74. The zero-order valence-electron chi connectivity index (χ0n) is 9.85. The molecule has 1 fully saturated rings. The Labute approximate surface area is 106 Å². The topological polar surface area (TPSA) is 21.3 Å². The van der Waals surface area contributed by atoms with E-state index in [9.17, 15) is 0 Å². The van der Waals surface area contributed by atoms with E-state index in [1.807, 2.05) is 0 Å². The first kappa shape index (κ1) is 11.9. The molecule has 2 rings (SSSR count). The Morgan fingerprint density at radius 1 is 1.31 bits per heavy atom. The normalized spacial score (nSPS) is 17.4. The summed E-state index contributed by atoms with van der Waals surface area (Å²) < 4.78 is 6.41. The van der Waals surface area contributed by atoms with Crippen LogP contribution in [-0.2, 0) is 0 Å². The lowest BCUT2D eigenvalue weighted by atomic mass is 9.87. The van der Waals surface area contributed by atoms with Gasteiger partial charge in [0.15, 0.2) is 0 Å². The largest absolute Gasteiger partial charge is 0.496 e. The molecule has 1 aliphatic heterocycles. The van der Waals surface area contributed by atoms with Crippen molar-refractivity contribution in [1.82, 2.24) is 5.32 Å². The molecule has 16 heavy (non-hydrogen) atoms. The molecule has 0 atom stereocenters. The van der Waals surface area contributed by atoms with Crippen LogP contribution in [0.2, 0.25) is 0 Å². The lowest BCUT2D eigenvalue weighted by Gasteiger charge is -2.25. The molecular weight excluding hydrogens is 266 g/mol. The summed E-state index contributed by atoms with van der Waals surface area (Å²) in [5.41, 5.74) is 2.79. The Bertz CT molecular complexity index is 372. The van der Waals surface area contributed by atoms with Gasteiger partial charge in [-0.3, -0.25) is 0 Å². The Balaban J connectivity index is 2.30. The van der Waals surface area contributed by atoms with Gasteiger partial charge in [-0.1, -0.05) is 6.07 Å². The number of rotatable bonds is 2. The summed E-state index contributed by atoms with van der Waals surface area (Å²) in [4.78, 5) is 0. The van der Waals surface area contributed by atoms with Gasteiger partial charge in [-0.15, -0.1) is 0 Å². The van der Waals surface area contributed by atoms with Gasteiger partial charge in [-0.2, -0.15) is 0 Å². The van der Waals surface area contributed by atoms with E-state index in [1.54, 1.807) is 7.11 Å². The van der Waals surface area contributed by atoms with Gasteiger partial charge in [-0.25, -0.2) is 0 Å². The van der Waals surface area contributed by atoms with Crippen molar-refractivity contribution >= 4 is 15.9 Å². The fraction of sp³-hybridized carbons (Fsp3) is 0.538. The highest BCUT2D eigenvalue weighted by Crippen LogP contribution is 2.36. The predicted octanol–water partition coefficient (Wildman–Crippen LogP) is 3.23. The average molecular weight is 284 g/mol. The van der Waals surface area contributed by atoms with Crippen LogP contribution < -0.4 is 10.1 Å². The maximum atomic E-state index is 5.31. The highest BCUT2D eigenvalue weighted by molar-refractivity contribution is 9.10. The van der Waals surface area contributed by atoms with E-state index < -0.39 is 0 Å². The Hall–Kier alpha value is -0.540. The van der Waals surface area contributed by atoms with Crippen LogP contribution in [0.5, 0.6) is 5.75 Å². The standard InChI is InChI=1S/C13H18BrNO/c1-9-11(10-5-7-15-8-6-10)3-4-12(16-2)13(9)14/h3-4,10,15H,5-8H2,1-2H3. The number of hydrogen-bond acceptors (Lipinski definition) is 2. The molecule has 1 aromatic carbocycles. The molecule has 1 N–H and O–H groups in total. The van der Waals surface area contributed by atoms with E-state index in [-0.39, 0.29) is 0 Å². The van der Waals surface area contributed by atoms with Crippen molar-refractivity contribution < 1.29 is 4.74 Å². The van der Waals surface area contributed by atoms with Gasteiger partial charge in [0.05, 0.1) is 11.6 Å². The molecule has 0 saturated carbocycles. The van der Waals surface area contributed by atoms with Crippen molar-refractivity contribution in [3.63, 3.8) is 0 Å². The Morgan fingerprint density at radius 3 is 2.62 bits per heavy atom. The molecular formula is C13H18BrNO. The quantitative estimate of drug-likeness (QED) is 0.900. The summed E-state index contributed by atoms with van der Waals surface area (Å²) in [5.74, 6) is 1.62. The second-order valence-corrected chi connectivity index (χ2v) is 5.11. The van der Waals surface area contributed by atoms with Crippen molar-refractivity contribution in [1.29, 1.82) is 0 Å². The highest BCUT2D eigenvalue weighted by Gasteiger charge is 2.19. The zero-order chi connectivity index (χ0) is 11.5. The van der Waals surface area contributed by atoms with Crippen molar-refractivity contribution in [2.24, 2.45) is 0 Å². The van der Waals surface area contributed by atoms with Crippen LogP contribution >= 0.6 is 15.9 Å². The number of methoxy groups -OCH3 is 1. The first-order valence-electron chi connectivity index (χ1n) is 5.77. The SMILES string of the molecule is COc1ccc(C2CCNCC2)c(C)c1Br. The van der Waals surface area contributed by atoms with Gasteiger partial charge in [0.2, 0.25) is 0 Å². The molecule has 1 aromatic rings. The summed E-state index contributed by atoms with van der Waals surface area (Å²) in [5, 5.41) is 3.40. The molecule has 0 unspecified atom stereocenters. The molecule has 2 nitrogen and oxygen atoms in total. The fourth-order valence-corrected chi connectivity index (χ4v) is 2.93. The number of piperidine rings is 1. The minimum atomic E-state index is 0.698. The molecule has 0 spiro atoms. The Kier molecular flexibility index (Phi) is 3.87. The van der Waals surface area contributed by atoms with Gasteiger partial charge < -0.3 is 10.1 Å². The second-order valence-electron chi connectivity index (χ2n) is 4.32. The fourth-order valence-electron chi connectivity index (χ4n) is 2.41. The first-order valence-corrected chi connectivity index (χ1v) is 6.57. The van der Waals surface area contributed by atoms with E-state index in [0.29, 0.717) is 5.92 Å². The van der Waals surface area contributed by atoms with Gasteiger partial charge in [0, 0.05) is 0 Å². The number of nitrogens with one attached hydrogen (secondary N) is 1. The van der Waals surface area contributed by atoms with Crippen LogP contribution in [0, 0.1) is 6.92 Å². The minimum absolute atomic E-state index is 0.698. The van der Waals surface area contributed by atoms with Crippen molar-refractivity contribution in [2.75, 3.05) is 20.2 Å². The lowest BCUT2D eigenvalue weighted by Crippen LogP contribution is -2.27. The molecule has 0 aromatic heterocycles. The van der Waals surface area contributed by atoms with E-state index in [2.05, 4.69) is 40.3 Å². The monoisotopic (exact) mass is 283 g/mol. The average Bonchev–Trinajstić information content (AvgIpc) is 2.34. The summed E-state index contributed by atoms with van der Waals surface area (Å²) >= 11 is 3.62. The number of halogens is 1. The van der Waals surface area contributed by atoms with E-state index >= 15 is 0 Å². The molecule has 0 amide bonds.